The summed E-state index contributed by atoms with van der Waals surface area (Å²) in [5.74, 6) is 0.00980. The van der Waals surface area contributed by atoms with Gasteiger partial charge in [0.05, 0.1) is 16.2 Å². The Morgan fingerprint density at radius 2 is 1.59 bits per heavy atom. The van der Waals surface area contributed by atoms with Gasteiger partial charge in [-0.15, -0.1) is 0 Å². The highest BCUT2D eigenvalue weighted by Crippen LogP contribution is 2.35. The van der Waals surface area contributed by atoms with Crippen molar-refractivity contribution in [1.29, 1.82) is 5.26 Å². The molecule has 0 amide bonds. The van der Waals surface area contributed by atoms with Crippen LogP contribution < -0.4 is 10.5 Å². The molecule has 1 unspecified atom stereocenters. The summed E-state index contributed by atoms with van der Waals surface area (Å²) in [6, 6.07) is 25.4. The number of rotatable bonds is 6. The molecule has 0 aliphatic carbocycles. The summed E-state index contributed by atoms with van der Waals surface area (Å²) in [5.41, 5.74) is 3.75. The molecule has 0 spiro atoms. The molecule has 4 aromatic rings. The van der Waals surface area contributed by atoms with E-state index in [-0.39, 0.29) is 16.8 Å². The van der Waals surface area contributed by atoms with Gasteiger partial charge in [-0.05, 0) is 60.5 Å². The zero-order valence-electron chi connectivity index (χ0n) is 18.2. The highest BCUT2D eigenvalue weighted by atomic mass is 32.2. The smallest absolute Gasteiger partial charge is 0.238 e. The van der Waals surface area contributed by atoms with Crippen LogP contribution in [0.4, 0.5) is 10.2 Å². The summed E-state index contributed by atoms with van der Waals surface area (Å²) < 4.78 is 36.9. The van der Waals surface area contributed by atoms with E-state index in [1.807, 2.05) is 37.3 Å². The van der Waals surface area contributed by atoms with Crippen LogP contribution in [-0.4, -0.2) is 13.4 Å². The number of nitriles is 1. The zero-order valence-corrected chi connectivity index (χ0v) is 19.1. The maximum Gasteiger partial charge on any atom is 0.238 e. The molecule has 0 fully saturated rings. The minimum atomic E-state index is -3.85. The molecule has 1 atom stereocenters. The molecule has 0 saturated heterocycles. The first-order valence-electron chi connectivity index (χ1n) is 10.4. The highest BCUT2D eigenvalue weighted by Gasteiger charge is 2.18. The maximum atomic E-state index is 13.6. The summed E-state index contributed by atoms with van der Waals surface area (Å²) in [4.78, 5) is 4.73. The standard InChI is InChI=1S/C26H21FN4O2S/c1-17(18-5-3-2-4-6-18)30-26-21(16-28)15-24(19-9-13-23(14-10-19)34(29,32)33)25(31-26)20-7-11-22(27)12-8-20/h2-15,17H,1H3,(H,30,31)(H2,29,32,33). The van der Waals surface area contributed by atoms with Gasteiger partial charge in [0.2, 0.25) is 10.0 Å². The van der Waals surface area contributed by atoms with Crippen LogP contribution in [0.15, 0.2) is 89.8 Å². The Labute approximate surface area is 197 Å². The number of benzene rings is 3. The van der Waals surface area contributed by atoms with Gasteiger partial charge in [-0.25, -0.2) is 22.9 Å². The number of hydrogen-bond donors (Lipinski definition) is 2. The van der Waals surface area contributed by atoms with Gasteiger partial charge in [0.15, 0.2) is 0 Å². The molecule has 8 heteroatoms. The second-order valence-corrected chi connectivity index (χ2v) is 9.31. The highest BCUT2D eigenvalue weighted by molar-refractivity contribution is 7.89. The Hall–Kier alpha value is -4.06. The molecule has 1 heterocycles. The Balaban J connectivity index is 1.85. The van der Waals surface area contributed by atoms with Crippen molar-refractivity contribution in [3.63, 3.8) is 0 Å². The molecule has 34 heavy (non-hydrogen) atoms. The van der Waals surface area contributed by atoms with E-state index >= 15 is 0 Å². The van der Waals surface area contributed by atoms with Crippen LogP contribution in [0.1, 0.15) is 24.1 Å². The van der Waals surface area contributed by atoms with Gasteiger partial charge in [-0.3, -0.25) is 0 Å². The van der Waals surface area contributed by atoms with Crippen LogP contribution in [0.3, 0.4) is 0 Å². The second-order valence-electron chi connectivity index (χ2n) is 7.75. The number of nitrogens with two attached hydrogens (primary N) is 1. The number of pyridine rings is 1. The fourth-order valence-corrected chi connectivity index (χ4v) is 4.13. The first kappa shape index (κ1) is 23.1. The lowest BCUT2D eigenvalue weighted by atomic mass is 9.97. The van der Waals surface area contributed by atoms with Crippen LogP contribution in [-0.2, 0) is 10.0 Å². The van der Waals surface area contributed by atoms with Gasteiger partial charge >= 0.3 is 0 Å². The number of nitrogens with one attached hydrogen (secondary N) is 1. The summed E-state index contributed by atoms with van der Waals surface area (Å²) in [6.07, 6.45) is 0. The summed E-state index contributed by atoms with van der Waals surface area (Å²) in [7, 11) is -3.85. The average Bonchev–Trinajstić information content (AvgIpc) is 2.84. The molecule has 0 saturated carbocycles. The summed E-state index contributed by atoms with van der Waals surface area (Å²) in [5, 5.41) is 18.4. The van der Waals surface area contributed by atoms with E-state index < -0.39 is 10.0 Å². The predicted octanol–water partition coefficient (Wildman–Crippen LogP) is 5.25. The van der Waals surface area contributed by atoms with Gasteiger partial charge in [-0.2, -0.15) is 5.26 Å². The number of primary sulfonamides is 1. The molecular weight excluding hydrogens is 451 g/mol. The van der Waals surface area contributed by atoms with Crippen molar-refractivity contribution < 1.29 is 12.8 Å². The zero-order chi connectivity index (χ0) is 24.3. The van der Waals surface area contributed by atoms with E-state index in [1.165, 1.54) is 24.3 Å². The van der Waals surface area contributed by atoms with Gasteiger partial charge in [-0.1, -0.05) is 42.5 Å². The first-order valence-corrected chi connectivity index (χ1v) is 12.0. The van der Waals surface area contributed by atoms with Crippen molar-refractivity contribution in [3.05, 3.63) is 102 Å². The Morgan fingerprint density at radius 3 is 2.18 bits per heavy atom. The fourth-order valence-electron chi connectivity index (χ4n) is 3.61. The number of nitrogens with zero attached hydrogens (tertiary/aromatic N) is 2. The number of halogens is 1. The molecule has 1 aromatic heterocycles. The van der Waals surface area contributed by atoms with E-state index in [0.29, 0.717) is 33.8 Å². The monoisotopic (exact) mass is 472 g/mol. The molecule has 3 N–H and O–H groups in total. The Kier molecular flexibility index (Phi) is 6.41. The largest absolute Gasteiger partial charge is 0.362 e. The third kappa shape index (κ3) is 4.96. The Morgan fingerprint density at radius 1 is 0.971 bits per heavy atom. The molecule has 0 radical (unpaired) electrons. The molecule has 170 valence electrons. The fraction of sp³-hybridized carbons (Fsp3) is 0.0769. The lowest BCUT2D eigenvalue weighted by Crippen LogP contribution is -2.12. The Bertz CT molecular complexity index is 1460. The van der Waals surface area contributed by atoms with Crippen molar-refractivity contribution >= 4 is 15.8 Å². The van der Waals surface area contributed by atoms with E-state index in [4.69, 9.17) is 10.1 Å². The molecule has 3 aromatic carbocycles. The van der Waals surface area contributed by atoms with Crippen molar-refractivity contribution in [3.8, 4) is 28.5 Å². The predicted molar refractivity (Wildman–Crippen MR) is 130 cm³/mol. The van der Waals surface area contributed by atoms with E-state index in [2.05, 4.69) is 11.4 Å². The maximum absolute atomic E-state index is 13.6. The molecule has 4 rings (SSSR count). The molecule has 0 bridgehead atoms. The van der Waals surface area contributed by atoms with Crippen LogP contribution in [0, 0.1) is 17.1 Å². The minimum absolute atomic E-state index is 0.0250. The van der Waals surface area contributed by atoms with Gasteiger partial charge in [0, 0.05) is 17.2 Å². The number of aromatic nitrogens is 1. The number of hydrogen-bond acceptors (Lipinski definition) is 5. The molecule has 0 aliphatic heterocycles. The normalized spacial score (nSPS) is 12.1. The molecule has 6 nitrogen and oxygen atoms in total. The number of sulfonamides is 1. The van der Waals surface area contributed by atoms with Crippen molar-refractivity contribution in [1.82, 2.24) is 4.98 Å². The van der Waals surface area contributed by atoms with Crippen molar-refractivity contribution in [2.45, 2.75) is 17.9 Å². The summed E-state index contributed by atoms with van der Waals surface area (Å²) >= 11 is 0. The third-order valence-corrected chi connectivity index (χ3v) is 6.34. The van der Waals surface area contributed by atoms with Gasteiger partial charge in [0.1, 0.15) is 17.7 Å². The van der Waals surface area contributed by atoms with E-state index in [0.717, 1.165) is 5.56 Å². The average molecular weight is 473 g/mol. The van der Waals surface area contributed by atoms with Gasteiger partial charge < -0.3 is 5.32 Å². The SMILES string of the molecule is CC(Nc1nc(-c2ccc(F)cc2)c(-c2ccc(S(N)(=O)=O)cc2)cc1C#N)c1ccccc1. The van der Waals surface area contributed by atoms with Crippen LogP contribution in [0.2, 0.25) is 0 Å². The second kappa shape index (κ2) is 9.43. The van der Waals surface area contributed by atoms with Crippen LogP contribution in [0.5, 0.6) is 0 Å². The van der Waals surface area contributed by atoms with E-state index in [9.17, 15) is 18.1 Å². The third-order valence-electron chi connectivity index (χ3n) is 5.41. The van der Waals surface area contributed by atoms with Crippen LogP contribution in [0.25, 0.3) is 22.4 Å². The van der Waals surface area contributed by atoms with Crippen LogP contribution >= 0.6 is 0 Å². The first-order chi connectivity index (χ1) is 16.3. The van der Waals surface area contributed by atoms with Gasteiger partial charge in [0.25, 0.3) is 0 Å². The molecular formula is C26H21FN4O2S. The lowest BCUT2D eigenvalue weighted by molar-refractivity contribution is 0.598. The van der Waals surface area contributed by atoms with E-state index in [1.54, 1.807) is 30.3 Å². The quantitative estimate of drug-likeness (QED) is 0.399. The number of anilines is 1. The minimum Gasteiger partial charge on any atom is -0.362 e. The lowest BCUT2D eigenvalue weighted by Gasteiger charge is -2.19. The topological polar surface area (TPSA) is 109 Å². The molecule has 0 aliphatic rings. The summed E-state index contributed by atoms with van der Waals surface area (Å²) in [6.45, 7) is 1.97. The van der Waals surface area contributed by atoms with Crippen molar-refractivity contribution in [2.24, 2.45) is 5.14 Å². The van der Waals surface area contributed by atoms with Crippen molar-refractivity contribution in [2.75, 3.05) is 5.32 Å².